The molecule has 0 saturated heterocycles. The van der Waals surface area contributed by atoms with Crippen LogP contribution in [0.4, 0.5) is 5.69 Å². The number of aromatic nitrogens is 3. The number of nitrogens with zero attached hydrogens (tertiary/aromatic N) is 3. The highest BCUT2D eigenvalue weighted by atomic mass is 16.5. The molecule has 4 rings (SSSR count). The van der Waals surface area contributed by atoms with Gasteiger partial charge in [-0.1, -0.05) is 35.9 Å². The number of hydrogen-bond donors (Lipinski definition) is 1. The first-order chi connectivity index (χ1) is 15.9. The van der Waals surface area contributed by atoms with E-state index in [1.54, 1.807) is 36.1 Å². The summed E-state index contributed by atoms with van der Waals surface area (Å²) >= 11 is 0. The first-order valence-corrected chi connectivity index (χ1v) is 10.7. The molecule has 1 N–H and O–H groups in total. The number of carbonyl (C=O) groups excluding carboxylic acids is 1. The van der Waals surface area contributed by atoms with Crippen molar-refractivity contribution in [3.63, 3.8) is 0 Å². The second-order valence-corrected chi connectivity index (χ2v) is 7.90. The van der Waals surface area contributed by atoms with Crippen LogP contribution < -0.4 is 14.8 Å². The van der Waals surface area contributed by atoms with Crippen LogP contribution in [0.15, 0.2) is 72.8 Å². The predicted molar refractivity (Wildman–Crippen MR) is 128 cm³/mol. The SMILES string of the molecule is COc1cccc(C(=O)Nc2ccc(-n3nc(OC(C)C)nc3-c3ccc(C)cc3)cc2)c1. The van der Waals surface area contributed by atoms with Crippen LogP contribution in [-0.4, -0.2) is 33.9 Å². The number of amides is 1. The minimum Gasteiger partial charge on any atom is -0.497 e. The van der Waals surface area contributed by atoms with Gasteiger partial charge >= 0.3 is 6.01 Å². The van der Waals surface area contributed by atoms with Crippen LogP contribution in [0.3, 0.4) is 0 Å². The number of hydrogen-bond acceptors (Lipinski definition) is 5. The maximum atomic E-state index is 12.6. The summed E-state index contributed by atoms with van der Waals surface area (Å²) in [5.74, 6) is 1.10. The minimum absolute atomic E-state index is 0.0408. The number of ether oxygens (including phenoxy) is 2. The standard InChI is InChI=1S/C26H26N4O3/c1-17(2)33-26-28-24(19-10-8-18(3)9-11-19)30(29-26)22-14-12-21(13-15-22)27-25(31)20-6-5-7-23(16-20)32-4/h5-17H,1-4H3,(H,27,31). The minimum atomic E-state index is -0.213. The number of carbonyl (C=O) groups is 1. The predicted octanol–water partition coefficient (Wildman–Crippen LogP) is 5.29. The lowest BCUT2D eigenvalue weighted by Gasteiger charge is -2.09. The highest BCUT2D eigenvalue weighted by Gasteiger charge is 2.16. The maximum Gasteiger partial charge on any atom is 0.336 e. The molecule has 0 radical (unpaired) electrons. The second kappa shape index (κ2) is 9.56. The van der Waals surface area contributed by atoms with Crippen molar-refractivity contribution in [3.8, 4) is 28.8 Å². The summed E-state index contributed by atoms with van der Waals surface area (Å²) in [4.78, 5) is 17.2. The molecule has 0 aliphatic rings. The van der Waals surface area contributed by atoms with E-state index in [4.69, 9.17) is 9.47 Å². The molecule has 1 heterocycles. The Bertz CT molecular complexity index is 1250. The van der Waals surface area contributed by atoms with Gasteiger partial charge in [-0.05, 0) is 63.2 Å². The summed E-state index contributed by atoms with van der Waals surface area (Å²) in [7, 11) is 1.57. The molecule has 1 aromatic heterocycles. The summed E-state index contributed by atoms with van der Waals surface area (Å²) in [6.45, 7) is 5.92. The van der Waals surface area contributed by atoms with Gasteiger partial charge in [0.1, 0.15) is 5.75 Å². The molecule has 0 spiro atoms. The van der Waals surface area contributed by atoms with Crippen LogP contribution in [0.5, 0.6) is 11.8 Å². The summed E-state index contributed by atoms with van der Waals surface area (Å²) in [6.07, 6.45) is -0.0408. The third-order valence-corrected chi connectivity index (χ3v) is 4.94. The Morgan fingerprint density at radius 2 is 1.73 bits per heavy atom. The summed E-state index contributed by atoms with van der Waals surface area (Å²) in [5, 5.41) is 7.47. The third kappa shape index (κ3) is 5.20. The molecule has 0 aliphatic carbocycles. The van der Waals surface area contributed by atoms with Crippen molar-refractivity contribution in [1.82, 2.24) is 14.8 Å². The first-order valence-electron chi connectivity index (χ1n) is 10.7. The van der Waals surface area contributed by atoms with Gasteiger partial charge in [0.15, 0.2) is 5.82 Å². The fraction of sp³-hybridized carbons (Fsp3) is 0.192. The monoisotopic (exact) mass is 442 g/mol. The average Bonchev–Trinajstić information content (AvgIpc) is 3.23. The van der Waals surface area contributed by atoms with Crippen LogP contribution in [-0.2, 0) is 0 Å². The lowest BCUT2D eigenvalue weighted by atomic mass is 10.1. The van der Waals surface area contributed by atoms with Gasteiger partial charge in [0, 0.05) is 16.8 Å². The highest BCUT2D eigenvalue weighted by molar-refractivity contribution is 6.04. The Balaban J connectivity index is 1.60. The van der Waals surface area contributed by atoms with Crippen LogP contribution in [0.25, 0.3) is 17.1 Å². The Morgan fingerprint density at radius 1 is 1.00 bits per heavy atom. The zero-order valence-corrected chi connectivity index (χ0v) is 19.1. The molecule has 3 aromatic carbocycles. The highest BCUT2D eigenvalue weighted by Crippen LogP contribution is 2.25. The molecule has 4 aromatic rings. The van der Waals surface area contributed by atoms with E-state index in [1.165, 1.54) is 5.56 Å². The lowest BCUT2D eigenvalue weighted by molar-refractivity contribution is 0.102. The topological polar surface area (TPSA) is 78.3 Å². The molecule has 1 amide bonds. The van der Waals surface area contributed by atoms with Gasteiger partial charge < -0.3 is 14.8 Å². The molecule has 0 unspecified atom stereocenters. The zero-order valence-electron chi connectivity index (χ0n) is 19.1. The van der Waals surface area contributed by atoms with Gasteiger partial charge in [-0.3, -0.25) is 4.79 Å². The van der Waals surface area contributed by atoms with Gasteiger partial charge in [-0.15, -0.1) is 5.10 Å². The van der Waals surface area contributed by atoms with E-state index in [9.17, 15) is 4.79 Å². The molecular weight excluding hydrogens is 416 g/mol. The number of nitrogens with one attached hydrogen (secondary N) is 1. The van der Waals surface area contributed by atoms with Crippen LogP contribution >= 0.6 is 0 Å². The molecule has 7 nitrogen and oxygen atoms in total. The normalized spacial score (nSPS) is 10.8. The van der Waals surface area contributed by atoms with E-state index in [2.05, 4.69) is 15.4 Å². The van der Waals surface area contributed by atoms with Crippen molar-refractivity contribution < 1.29 is 14.3 Å². The smallest absolute Gasteiger partial charge is 0.336 e. The molecule has 0 fully saturated rings. The van der Waals surface area contributed by atoms with Crippen molar-refractivity contribution >= 4 is 11.6 Å². The first kappa shape index (κ1) is 22.1. The molecule has 0 aliphatic heterocycles. The average molecular weight is 443 g/mol. The zero-order chi connectivity index (χ0) is 23.4. The number of aryl methyl sites for hydroxylation is 1. The summed E-state index contributed by atoms with van der Waals surface area (Å²) in [5.41, 5.74) is 4.09. The molecular formula is C26H26N4O3. The Morgan fingerprint density at radius 3 is 2.39 bits per heavy atom. The molecule has 0 bridgehead atoms. The van der Waals surface area contributed by atoms with Crippen LogP contribution in [0, 0.1) is 6.92 Å². The quantitative estimate of drug-likeness (QED) is 0.421. The molecule has 7 heteroatoms. The summed E-state index contributed by atoms with van der Waals surface area (Å²) < 4.78 is 12.7. The van der Waals surface area contributed by atoms with Crippen LogP contribution in [0.2, 0.25) is 0 Å². The molecule has 0 saturated carbocycles. The largest absolute Gasteiger partial charge is 0.497 e. The van der Waals surface area contributed by atoms with E-state index in [0.29, 0.717) is 28.8 Å². The third-order valence-electron chi connectivity index (χ3n) is 4.94. The van der Waals surface area contributed by atoms with E-state index in [0.717, 1.165) is 11.3 Å². The van der Waals surface area contributed by atoms with E-state index < -0.39 is 0 Å². The number of anilines is 1. The van der Waals surface area contributed by atoms with Gasteiger partial charge in [-0.25, -0.2) is 4.68 Å². The van der Waals surface area contributed by atoms with E-state index >= 15 is 0 Å². The van der Waals surface area contributed by atoms with E-state index in [1.807, 2.05) is 69.3 Å². The van der Waals surface area contributed by atoms with Crippen molar-refractivity contribution in [2.24, 2.45) is 0 Å². The van der Waals surface area contributed by atoms with Gasteiger partial charge in [0.2, 0.25) is 0 Å². The van der Waals surface area contributed by atoms with Gasteiger partial charge in [0.25, 0.3) is 5.91 Å². The van der Waals surface area contributed by atoms with E-state index in [-0.39, 0.29) is 12.0 Å². The summed E-state index contributed by atoms with van der Waals surface area (Å²) in [6, 6.07) is 22.9. The van der Waals surface area contributed by atoms with Crippen molar-refractivity contribution in [2.75, 3.05) is 12.4 Å². The second-order valence-electron chi connectivity index (χ2n) is 7.90. The fourth-order valence-corrected chi connectivity index (χ4v) is 3.28. The number of rotatable bonds is 7. The number of methoxy groups -OCH3 is 1. The lowest BCUT2D eigenvalue weighted by Crippen LogP contribution is -2.12. The van der Waals surface area contributed by atoms with Gasteiger partial charge in [-0.2, -0.15) is 4.98 Å². The van der Waals surface area contributed by atoms with Crippen LogP contribution in [0.1, 0.15) is 29.8 Å². The van der Waals surface area contributed by atoms with Crippen molar-refractivity contribution in [1.29, 1.82) is 0 Å². The number of benzene rings is 3. The molecule has 33 heavy (non-hydrogen) atoms. The maximum absolute atomic E-state index is 12.6. The van der Waals surface area contributed by atoms with Gasteiger partial charge in [0.05, 0.1) is 18.9 Å². The Kier molecular flexibility index (Phi) is 6.40. The Labute approximate surface area is 193 Å². The van der Waals surface area contributed by atoms with Crippen molar-refractivity contribution in [2.45, 2.75) is 26.9 Å². The fourth-order valence-electron chi connectivity index (χ4n) is 3.28. The Hall–Kier alpha value is -4.13. The molecule has 168 valence electrons. The molecule has 0 atom stereocenters. The van der Waals surface area contributed by atoms with Crippen molar-refractivity contribution in [3.05, 3.63) is 83.9 Å².